The van der Waals surface area contributed by atoms with Crippen LogP contribution in [-0.2, 0) is 4.74 Å². The van der Waals surface area contributed by atoms with Crippen molar-refractivity contribution in [1.29, 1.82) is 0 Å². The molecule has 3 rings (SSSR count). The Hall–Kier alpha value is -2.76. The molecule has 1 heterocycles. The molecule has 1 aromatic carbocycles. The third-order valence-electron chi connectivity index (χ3n) is 3.58. The van der Waals surface area contributed by atoms with Gasteiger partial charge in [0, 0.05) is 23.9 Å². The molecule has 130 valence electrons. The molecule has 1 aromatic heterocycles. The topological polar surface area (TPSA) is 78.4 Å². The van der Waals surface area contributed by atoms with Gasteiger partial charge in [-0.25, -0.2) is 14.8 Å². The van der Waals surface area contributed by atoms with E-state index in [0.717, 1.165) is 24.2 Å². The Balaban J connectivity index is 1.87. The Morgan fingerprint density at radius 2 is 1.80 bits per heavy atom. The molecule has 0 unspecified atom stereocenters. The van der Waals surface area contributed by atoms with E-state index in [1.165, 1.54) is 12.1 Å². The molecule has 2 aromatic rings. The first-order valence-electron chi connectivity index (χ1n) is 8.19. The fraction of sp³-hybridized carbons (Fsp3) is 0.368. The first-order valence-corrected chi connectivity index (χ1v) is 8.19. The van der Waals surface area contributed by atoms with Crippen LogP contribution in [0.3, 0.4) is 0 Å². The quantitative estimate of drug-likeness (QED) is 0.793. The average Bonchev–Trinajstić information content (AvgIpc) is 3.36. The van der Waals surface area contributed by atoms with Gasteiger partial charge in [0.05, 0.1) is 0 Å². The van der Waals surface area contributed by atoms with Crippen LogP contribution in [0.1, 0.15) is 45.4 Å². The molecule has 0 radical (unpaired) electrons. The lowest BCUT2D eigenvalue weighted by Gasteiger charge is -2.18. The predicted octanol–water partition coefficient (Wildman–Crippen LogP) is 3.70. The molecular weight excluding hydrogens is 320 g/mol. The van der Waals surface area contributed by atoms with Crippen molar-refractivity contribution in [2.75, 3.05) is 0 Å². The number of nitrogens with zero attached hydrogens (tertiary/aromatic N) is 2. The summed E-state index contributed by atoms with van der Waals surface area (Å²) in [6.45, 7) is 5.17. The van der Waals surface area contributed by atoms with Crippen LogP contribution in [0.4, 0.5) is 4.79 Å². The third kappa shape index (κ3) is 4.62. The van der Waals surface area contributed by atoms with Crippen LogP contribution in [-0.4, -0.2) is 21.7 Å². The number of rotatable bonds is 3. The van der Waals surface area contributed by atoms with Crippen molar-refractivity contribution < 1.29 is 14.3 Å². The van der Waals surface area contributed by atoms with E-state index >= 15 is 0 Å². The van der Waals surface area contributed by atoms with Crippen LogP contribution < -0.4 is 10.2 Å². The minimum Gasteiger partial charge on any atom is -0.428 e. The van der Waals surface area contributed by atoms with Gasteiger partial charge in [0.25, 0.3) is 0 Å². The van der Waals surface area contributed by atoms with Gasteiger partial charge in [-0.3, -0.25) is 4.79 Å². The Morgan fingerprint density at radius 1 is 1.12 bits per heavy atom. The van der Waals surface area contributed by atoms with Crippen LogP contribution in [0.15, 0.2) is 41.5 Å². The SMILES string of the molecule is CC(C)(C)OC(=O)Oc1cc(-c2cnc(C3CC3)nc2)cccc1=O. The fourth-order valence-electron chi connectivity index (χ4n) is 2.24. The minimum absolute atomic E-state index is 0.0967. The molecule has 6 nitrogen and oxygen atoms in total. The van der Waals surface area contributed by atoms with Crippen LogP contribution in [0.5, 0.6) is 5.75 Å². The van der Waals surface area contributed by atoms with E-state index in [4.69, 9.17) is 9.47 Å². The van der Waals surface area contributed by atoms with Gasteiger partial charge in [0.15, 0.2) is 5.75 Å². The van der Waals surface area contributed by atoms with E-state index < -0.39 is 17.2 Å². The van der Waals surface area contributed by atoms with Crippen molar-refractivity contribution in [1.82, 2.24) is 9.97 Å². The summed E-state index contributed by atoms with van der Waals surface area (Å²) in [5, 5.41) is 0. The summed E-state index contributed by atoms with van der Waals surface area (Å²) in [6, 6.07) is 6.19. The zero-order chi connectivity index (χ0) is 18.0. The maximum atomic E-state index is 12.1. The second kappa shape index (κ2) is 6.63. The zero-order valence-electron chi connectivity index (χ0n) is 14.5. The summed E-state index contributed by atoms with van der Waals surface area (Å²) >= 11 is 0. The van der Waals surface area contributed by atoms with Gasteiger partial charge in [-0.15, -0.1) is 0 Å². The molecule has 0 amide bonds. The molecule has 0 bridgehead atoms. The Kier molecular flexibility index (Phi) is 4.53. The standard InChI is InChI=1S/C19H20N2O4/c1-19(2,3)25-18(23)24-16-9-13(5-4-6-15(16)22)14-10-20-17(21-11-14)12-7-8-12/h4-6,9-12H,7-8H2,1-3H3. The lowest BCUT2D eigenvalue weighted by molar-refractivity contribution is 0.0204. The van der Waals surface area contributed by atoms with E-state index in [2.05, 4.69) is 9.97 Å². The highest BCUT2D eigenvalue weighted by Crippen LogP contribution is 2.38. The zero-order valence-corrected chi connectivity index (χ0v) is 14.5. The molecule has 0 N–H and O–H groups in total. The number of aromatic nitrogens is 2. The van der Waals surface area contributed by atoms with Gasteiger partial charge in [-0.1, -0.05) is 12.1 Å². The predicted molar refractivity (Wildman–Crippen MR) is 92.6 cm³/mol. The van der Waals surface area contributed by atoms with E-state index in [-0.39, 0.29) is 5.75 Å². The Bertz CT molecular complexity index is 837. The van der Waals surface area contributed by atoms with Crippen molar-refractivity contribution in [2.45, 2.75) is 45.1 Å². The maximum absolute atomic E-state index is 12.1. The largest absolute Gasteiger partial charge is 0.514 e. The van der Waals surface area contributed by atoms with Crippen molar-refractivity contribution in [3.63, 3.8) is 0 Å². The first kappa shape index (κ1) is 17.1. The van der Waals surface area contributed by atoms with E-state index in [1.54, 1.807) is 45.3 Å². The molecule has 1 aliphatic rings. The van der Waals surface area contributed by atoms with E-state index in [9.17, 15) is 9.59 Å². The molecule has 6 heteroatoms. The molecule has 1 aliphatic carbocycles. The summed E-state index contributed by atoms with van der Waals surface area (Å²) in [5.74, 6) is 1.22. The van der Waals surface area contributed by atoms with Gasteiger partial charge in [-0.2, -0.15) is 0 Å². The van der Waals surface area contributed by atoms with Crippen LogP contribution in [0.25, 0.3) is 11.1 Å². The second-order valence-corrected chi connectivity index (χ2v) is 7.02. The van der Waals surface area contributed by atoms with Crippen LogP contribution in [0, 0.1) is 0 Å². The molecule has 0 atom stereocenters. The maximum Gasteiger partial charge on any atom is 0.514 e. The average molecular weight is 340 g/mol. The van der Waals surface area contributed by atoms with E-state index in [1.807, 2.05) is 0 Å². The summed E-state index contributed by atoms with van der Waals surface area (Å²) in [7, 11) is 0. The fourth-order valence-corrected chi connectivity index (χ4v) is 2.24. The number of carbonyl (C=O) groups is 1. The summed E-state index contributed by atoms with van der Waals surface area (Å²) in [5.41, 5.74) is 0.316. The molecule has 0 aliphatic heterocycles. The first-order chi connectivity index (χ1) is 11.8. The van der Waals surface area contributed by atoms with Crippen LogP contribution >= 0.6 is 0 Å². The molecular formula is C19H20N2O4. The lowest BCUT2D eigenvalue weighted by atomic mass is 10.1. The number of ether oxygens (including phenoxy) is 2. The molecule has 0 saturated heterocycles. The number of hydrogen-bond acceptors (Lipinski definition) is 6. The summed E-state index contributed by atoms with van der Waals surface area (Å²) in [6.07, 6.45) is 4.79. The smallest absolute Gasteiger partial charge is 0.428 e. The van der Waals surface area contributed by atoms with E-state index in [0.29, 0.717) is 11.5 Å². The molecule has 25 heavy (non-hydrogen) atoms. The Labute approximate surface area is 145 Å². The Morgan fingerprint density at radius 3 is 2.40 bits per heavy atom. The highest BCUT2D eigenvalue weighted by atomic mass is 16.7. The van der Waals surface area contributed by atoms with Crippen molar-refractivity contribution in [3.05, 3.63) is 52.7 Å². The second-order valence-electron chi connectivity index (χ2n) is 7.02. The molecule has 1 saturated carbocycles. The van der Waals surface area contributed by atoms with Gasteiger partial charge < -0.3 is 9.47 Å². The van der Waals surface area contributed by atoms with Crippen molar-refractivity contribution >= 4 is 6.16 Å². The summed E-state index contributed by atoms with van der Waals surface area (Å²) in [4.78, 5) is 32.7. The molecule has 0 spiro atoms. The number of carbonyl (C=O) groups excluding carboxylic acids is 1. The van der Waals surface area contributed by atoms with Gasteiger partial charge in [0.1, 0.15) is 11.4 Å². The van der Waals surface area contributed by atoms with Gasteiger partial charge in [0.2, 0.25) is 5.43 Å². The lowest BCUT2D eigenvalue weighted by Crippen LogP contribution is -2.26. The normalized spacial score (nSPS) is 14.0. The van der Waals surface area contributed by atoms with Gasteiger partial charge >= 0.3 is 6.16 Å². The third-order valence-corrected chi connectivity index (χ3v) is 3.58. The summed E-state index contributed by atoms with van der Waals surface area (Å²) < 4.78 is 10.2. The molecule has 1 fully saturated rings. The highest BCUT2D eigenvalue weighted by Gasteiger charge is 2.26. The van der Waals surface area contributed by atoms with Crippen molar-refractivity contribution in [2.24, 2.45) is 0 Å². The number of hydrogen-bond donors (Lipinski definition) is 0. The minimum atomic E-state index is -0.915. The van der Waals surface area contributed by atoms with Crippen molar-refractivity contribution in [3.8, 4) is 16.9 Å². The van der Waals surface area contributed by atoms with Gasteiger partial charge in [-0.05, 0) is 51.3 Å². The van der Waals surface area contributed by atoms with Crippen LogP contribution in [0.2, 0.25) is 0 Å². The monoisotopic (exact) mass is 340 g/mol. The highest BCUT2D eigenvalue weighted by molar-refractivity contribution is 5.67.